The SMILES string of the molecule is COc1cc2c(cc1OC)CCN(C(=O)c1ccc(-c3ncon3)cc1)CC2. The van der Waals surface area contributed by atoms with Crippen molar-refractivity contribution in [1.82, 2.24) is 15.0 Å². The van der Waals surface area contributed by atoms with E-state index < -0.39 is 0 Å². The Balaban J connectivity index is 1.50. The van der Waals surface area contributed by atoms with Crippen LogP contribution < -0.4 is 9.47 Å². The predicted molar refractivity (Wildman–Crippen MR) is 103 cm³/mol. The first kappa shape index (κ1) is 18.0. The summed E-state index contributed by atoms with van der Waals surface area (Å²) in [6.45, 7) is 1.32. The van der Waals surface area contributed by atoms with Crippen molar-refractivity contribution in [1.29, 1.82) is 0 Å². The summed E-state index contributed by atoms with van der Waals surface area (Å²) in [5, 5.41) is 3.81. The minimum Gasteiger partial charge on any atom is -0.493 e. The predicted octanol–water partition coefficient (Wildman–Crippen LogP) is 2.99. The number of carbonyl (C=O) groups excluding carboxylic acids is 1. The largest absolute Gasteiger partial charge is 0.493 e. The lowest BCUT2D eigenvalue weighted by molar-refractivity contribution is 0.0763. The lowest BCUT2D eigenvalue weighted by Gasteiger charge is -2.20. The van der Waals surface area contributed by atoms with E-state index in [4.69, 9.17) is 14.0 Å². The van der Waals surface area contributed by atoms with E-state index in [1.165, 1.54) is 17.5 Å². The number of amides is 1. The van der Waals surface area contributed by atoms with Crippen LogP contribution in [0.5, 0.6) is 11.5 Å². The zero-order chi connectivity index (χ0) is 19.5. The Hall–Kier alpha value is -3.35. The number of hydrogen-bond donors (Lipinski definition) is 0. The molecular weight excluding hydrogens is 358 g/mol. The van der Waals surface area contributed by atoms with E-state index >= 15 is 0 Å². The molecule has 1 aliphatic heterocycles. The molecule has 3 aromatic rings. The van der Waals surface area contributed by atoms with Gasteiger partial charge in [0.05, 0.1) is 14.2 Å². The molecule has 0 atom stereocenters. The smallest absolute Gasteiger partial charge is 0.253 e. The van der Waals surface area contributed by atoms with Gasteiger partial charge in [-0.2, -0.15) is 4.98 Å². The van der Waals surface area contributed by atoms with E-state index in [9.17, 15) is 4.79 Å². The Morgan fingerprint density at radius 1 is 1.00 bits per heavy atom. The molecule has 2 heterocycles. The molecule has 28 heavy (non-hydrogen) atoms. The molecule has 0 spiro atoms. The second-order valence-electron chi connectivity index (χ2n) is 6.60. The quantitative estimate of drug-likeness (QED) is 0.694. The summed E-state index contributed by atoms with van der Waals surface area (Å²) in [6, 6.07) is 11.3. The Morgan fingerprint density at radius 3 is 2.11 bits per heavy atom. The van der Waals surface area contributed by atoms with E-state index in [1.807, 2.05) is 29.2 Å². The average molecular weight is 379 g/mol. The van der Waals surface area contributed by atoms with Crippen molar-refractivity contribution in [2.45, 2.75) is 12.8 Å². The van der Waals surface area contributed by atoms with E-state index in [1.54, 1.807) is 26.4 Å². The maximum absolute atomic E-state index is 13.0. The van der Waals surface area contributed by atoms with Crippen LogP contribution in [0, 0.1) is 0 Å². The van der Waals surface area contributed by atoms with Gasteiger partial charge in [0.25, 0.3) is 5.91 Å². The van der Waals surface area contributed by atoms with Crippen LogP contribution in [-0.4, -0.2) is 48.3 Å². The topological polar surface area (TPSA) is 77.7 Å². The molecule has 0 radical (unpaired) electrons. The summed E-state index contributed by atoms with van der Waals surface area (Å²) in [5.74, 6) is 1.97. The fourth-order valence-electron chi connectivity index (χ4n) is 3.50. The number of methoxy groups -OCH3 is 2. The summed E-state index contributed by atoms with van der Waals surface area (Å²) >= 11 is 0. The van der Waals surface area contributed by atoms with Crippen LogP contribution in [0.25, 0.3) is 11.4 Å². The van der Waals surface area contributed by atoms with Crippen molar-refractivity contribution in [2.75, 3.05) is 27.3 Å². The summed E-state index contributed by atoms with van der Waals surface area (Å²) in [5.41, 5.74) is 3.85. The van der Waals surface area contributed by atoms with E-state index in [-0.39, 0.29) is 5.91 Å². The molecule has 144 valence electrons. The van der Waals surface area contributed by atoms with Crippen LogP contribution in [0.2, 0.25) is 0 Å². The van der Waals surface area contributed by atoms with Gasteiger partial charge in [0.15, 0.2) is 11.5 Å². The number of aromatic nitrogens is 2. The third-order valence-corrected chi connectivity index (χ3v) is 5.05. The maximum Gasteiger partial charge on any atom is 0.253 e. The number of hydrogen-bond acceptors (Lipinski definition) is 6. The van der Waals surface area contributed by atoms with Gasteiger partial charge < -0.3 is 18.9 Å². The Bertz CT molecular complexity index is 933. The van der Waals surface area contributed by atoms with Gasteiger partial charge in [-0.25, -0.2) is 0 Å². The highest BCUT2D eigenvalue weighted by Gasteiger charge is 2.21. The first-order valence-corrected chi connectivity index (χ1v) is 9.09. The Kier molecular flexibility index (Phi) is 4.97. The number of benzene rings is 2. The van der Waals surface area contributed by atoms with Crippen molar-refractivity contribution >= 4 is 5.91 Å². The van der Waals surface area contributed by atoms with Gasteiger partial charge in [0, 0.05) is 24.2 Å². The summed E-state index contributed by atoms with van der Waals surface area (Å²) in [7, 11) is 3.27. The number of rotatable bonds is 4. The highest BCUT2D eigenvalue weighted by Crippen LogP contribution is 2.32. The summed E-state index contributed by atoms with van der Waals surface area (Å²) in [6.07, 6.45) is 2.85. The van der Waals surface area contributed by atoms with Gasteiger partial charge in [-0.1, -0.05) is 17.3 Å². The highest BCUT2D eigenvalue weighted by atomic mass is 16.5. The highest BCUT2D eigenvalue weighted by molar-refractivity contribution is 5.94. The van der Waals surface area contributed by atoms with Crippen LogP contribution in [0.4, 0.5) is 0 Å². The Labute approximate surface area is 162 Å². The number of nitrogens with zero attached hydrogens (tertiary/aromatic N) is 3. The van der Waals surface area contributed by atoms with Crippen LogP contribution in [0.3, 0.4) is 0 Å². The zero-order valence-corrected chi connectivity index (χ0v) is 15.8. The van der Waals surface area contributed by atoms with Crippen LogP contribution >= 0.6 is 0 Å². The van der Waals surface area contributed by atoms with Crippen molar-refractivity contribution in [2.24, 2.45) is 0 Å². The molecule has 0 N–H and O–H groups in total. The lowest BCUT2D eigenvalue weighted by atomic mass is 10.0. The first-order chi connectivity index (χ1) is 13.7. The van der Waals surface area contributed by atoms with Crippen LogP contribution in [0.15, 0.2) is 47.3 Å². The van der Waals surface area contributed by atoms with Crippen LogP contribution in [0.1, 0.15) is 21.5 Å². The van der Waals surface area contributed by atoms with E-state index in [2.05, 4.69) is 10.1 Å². The molecule has 7 heteroatoms. The molecule has 7 nitrogen and oxygen atoms in total. The molecule has 1 aromatic heterocycles. The van der Waals surface area contributed by atoms with Crippen molar-refractivity contribution in [3.8, 4) is 22.9 Å². The van der Waals surface area contributed by atoms with Crippen molar-refractivity contribution in [3.63, 3.8) is 0 Å². The average Bonchev–Trinajstić information content (AvgIpc) is 3.20. The molecular formula is C21H21N3O4. The third-order valence-electron chi connectivity index (χ3n) is 5.05. The molecule has 0 saturated carbocycles. The lowest BCUT2D eigenvalue weighted by Crippen LogP contribution is -2.33. The molecule has 2 aromatic carbocycles. The van der Waals surface area contributed by atoms with Crippen molar-refractivity contribution in [3.05, 3.63) is 59.5 Å². The van der Waals surface area contributed by atoms with E-state index in [0.717, 1.165) is 29.9 Å². The second kappa shape index (κ2) is 7.72. The van der Waals surface area contributed by atoms with E-state index in [0.29, 0.717) is 24.5 Å². The molecule has 0 aliphatic carbocycles. The van der Waals surface area contributed by atoms with Gasteiger partial charge in [-0.05, 0) is 48.2 Å². The standard InChI is InChI=1S/C21H21N3O4/c1-26-18-11-16-7-9-24(10-8-17(16)12-19(18)27-2)21(25)15-5-3-14(4-6-15)20-22-13-28-23-20/h3-6,11-13H,7-10H2,1-2H3. The minimum atomic E-state index is 0.0198. The normalized spacial score (nSPS) is 13.6. The molecule has 4 rings (SSSR count). The van der Waals surface area contributed by atoms with Gasteiger partial charge in [0.2, 0.25) is 12.2 Å². The molecule has 0 unspecified atom stereocenters. The molecule has 0 bridgehead atoms. The molecule has 1 aliphatic rings. The second-order valence-corrected chi connectivity index (χ2v) is 6.60. The fraction of sp³-hybridized carbons (Fsp3) is 0.286. The number of carbonyl (C=O) groups is 1. The van der Waals surface area contributed by atoms with Gasteiger partial charge in [-0.3, -0.25) is 4.79 Å². The summed E-state index contributed by atoms with van der Waals surface area (Å²) in [4.78, 5) is 18.9. The van der Waals surface area contributed by atoms with Gasteiger partial charge >= 0.3 is 0 Å². The van der Waals surface area contributed by atoms with Crippen molar-refractivity contribution < 1.29 is 18.8 Å². The van der Waals surface area contributed by atoms with Gasteiger partial charge in [-0.15, -0.1) is 0 Å². The number of fused-ring (bicyclic) bond motifs is 1. The Morgan fingerprint density at radius 2 is 1.61 bits per heavy atom. The molecule has 0 fully saturated rings. The molecule has 0 saturated heterocycles. The zero-order valence-electron chi connectivity index (χ0n) is 15.8. The molecule has 1 amide bonds. The third kappa shape index (κ3) is 3.43. The van der Waals surface area contributed by atoms with Crippen LogP contribution in [-0.2, 0) is 12.8 Å². The first-order valence-electron chi connectivity index (χ1n) is 9.09. The number of ether oxygens (including phenoxy) is 2. The fourth-order valence-corrected chi connectivity index (χ4v) is 3.50. The van der Waals surface area contributed by atoms with Gasteiger partial charge in [0.1, 0.15) is 0 Å². The maximum atomic E-state index is 13.0. The monoisotopic (exact) mass is 379 g/mol. The summed E-state index contributed by atoms with van der Waals surface area (Å²) < 4.78 is 15.6. The minimum absolute atomic E-state index is 0.0198.